The Morgan fingerprint density at radius 1 is 1.15 bits per heavy atom. The molecule has 0 saturated heterocycles. The summed E-state index contributed by atoms with van der Waals surface area (Å²) in [5, 5.41) is 0. The van der Waals surface area contributed by atoms with Crippen LogP contribution in [0.3, 0.4) is 0 Å². The molecule has 0 aliphatic carbocycles. The molecule has 0 spiro atoms. The van der Waals surface area contributed by atoms with Gasteiger partial charge in [-0.1, -0.05) is 19.9 Å². The normalized spacial score (nSPS) is 11.6. The number of benzene rings is 1. The molecule has 1 aromatic heterocycles. The van der Waals surface area contributed by atoms with Gasteiger partial charge in [-0.25, -0.2) is 12.8 Å². The van der Waals surface area contributed by atoms with Crippen molar-refractivity contribution >= 4 is 15.9 Å². The van der Waals surface area contributed by atoms with E-state index >= 15 is 0 Å². The lowest BCUT2D eigenvalue weighted by Crippen LogP contribution is -2.32. The van der Waals surface area contributed by atoms with Gasteiger partial charge in [0.15, 0.2) is 0 Å². The molecule has 0 unspecified atom stereocenters. The van der Waals surface area contributed by atoms with Crippen LogP contribution in [0.5, 0.6) is 0 Å². The first-order valence-electron chi connectivity index (χ1n) is 8.76. The van der Waals surface area contributed by atoms with Crippen molar-refractivity contribution in [1.29, 1.82) is 0 Å². The molecule has 1 amide bonds. The predicted molar refractivity (Wildman–Crippen MR) is 101 cm³/mol. The molecule has 1 heterocycles. The summed E-state index contributed by atoms with van der Waals surface area (Å²) in [6, 6.07) is 8.82. The van der Waals surface area contributed by atoms with Crippen molar-refractivity contribution in [3.8, 4) is 0 Å². The molecule has 0 atom stereocenters. The van der Waals surface area contributed by atoms with E-state index in [1.807, 2.05) is 12.1 Å². The van der Waals surface area contributed by atoms with E-state index in [-0.39, 0.29) is 10.5 Å². The van der Waals surface area contributed by atoms with E-state index in [0.29, 0.717) is 26.1 Å². The highest BCUT2D eigenvalue weighted by Crippen LogP contribution is 2.20. The van der Waals surface area contributed by atoms with Gasteiger partial charge in [-0.2, -0.15) is 4.31 Å². The third kappa shape index (κ3) is 4.90. The zero-order valence-electron chi connectivity index (χ0n) is 15.7. The SMILES string of the molecule is CCN(CC)S(=O)(=O)c1ccc(F)c(C(=O)N(C)CCc2ccccn2)c1. The predicted octanol–water partition coefficient (Wildman–Crippen LogP) is 2.57. The minimum absolute atomic E-state index is 0.0888. The van der Waals surface area contributed by atoms with Crippen LogP contribution in [-0.2, 0) is 16.4 Å². The third-order valence-corrected chi connectivity index (χ3v) is 6.33. The minimum atomic E-state index is -3.77. The molecule has 0 N–H and O–H groups in total. The van der Waals surface area contributed by atoms with Gasteiger partial charge >= 0.3 is 0 Å². The van der Waals surface area contributed by atoms with E-state index in [0.717, 1.165) is 17.8 Å². The summed E-state index contributed by atoms with van der Waals surface area (Å²) in [5.74, 6) is -1.32. The highest BCUT2D eigenvalue weighted by Gasteiger charge is 2.25. The average Bonchev–Trinajstić information content (AvgIpc) is 2.67. The molecule has 2 aromatic rings. The molecule has 0 radical (unpaired) electrons. The summed E-state index contributed by atoms with van der Waals surface area (Å²) < 4.78 is 40.8. The molecular weight excluding hydrogens is 369 g/mol. The van der Waals surface area contributed by atoms with Crippen molar-refractivity contribution < 1.29 is 17.6 Å². The van der Waals surface area contributed by atoms with Gasteiger partial charge in [0.1, 0.15) is 5.82 Å². The Bertz CT molecular complexity index is 884. The van der Waals surface area contributed by atoms with Gasteiger partial charge in [0.2, 0.25) is 10.0 Å². The number of carbonyl (C=O) groups excluding carboxylic acids is 1. The van der Waals surface area contributed by atoms with E-state index in [4.69, 9.17) is 0 Å². The number of pyridine rings is 1. The second-order valence-electron chi connectivity index (χ2n) is 6.03. The Morgan fingerprint density at radius 2 is 1.85 bits per heavy atom. The molecule has 2 rings (SSSR count). The van der Waals surface area contributed by atoms with E-state index in [1.165, 1.54) is 15.3 Å². The van der Waals surface area contributed by atoms with Crippen molar-refractivity contribution in [1.82, 2.24) is 14.2 Å². The number of carbonyl (C=O) groups is 1. The molecule has 0 aliphatic heterocycles. The zero-order chi connectivity index (χ0) is 20.0. The topological polar surface area (TPSA) is 70.6 Å². The van der Waals surface area contributed by atoms with E-state index in [2.05, 4.69) is 4.98 Å². The fourth-order valence-electron chi connectivity index (χ4n) is 2.68. The molecule has 1 aromatic carbocycles. The van der Waals surface area contributed by atoms with Crippen LogP contribution in [0.25, 0.3) is 0 Å². The number of hydrogen-bond acceptors (Lipinski definition) is 4. The minimum Gasteiger partial charge on any atom is -0.341 e. The molecule has 146 valence electrons. The van der Waals surface area contributed by atoms with Gasteiger partial charge in [0, 0.05) is 45.0 Å². The van der Waals surface area contributed by atoms with Gasteiger partial charge in [-0.05, 0) is 30.3 Å². The van der Waals surface area contributed by atoms with Gasteiger partial charge in [0.25, 0.3) is 5.91 Å². The number of rotatable bonds is 8. The van der Waals surface area contributed by atoms with E-state index in [1.54, 1.807) is 33.2 Å². The summed E-state index contributed by atoms with van der Waals surface area (Å²) in [7, 11) is -2.22. The Hall–Kier alpha value is -2.32. The van der Waals surface area contributed by atoms with Crippen molar-refractivity contribution in [3.05, 3.63) is 59.7 Å². The number of amides is 1. The van der Waals surface area contributed by atoms with Crippen molar-refractivity contribution in [3.63, 3.8) is 0 Å². The molecule has 0 aliphatic rings. The average molecular weight is 393 g/mol. The highest BCUT2D eigenvalue weighted by molar-refractivity contribution is 7.89. The van der Waals surface area contributed by atoms with Crippen molar-refractivity contribution in [2.75, 3.05) is 26.7 Å². The smallest absolute Gasteiger partial charge is 0.256 e. The Labute approximate surface area is 159 Å². The van der Waals surface area contributed by atoms with Crippen LogP contribution in [0.4, 0.5) is 4.39 Å². The lowest BCUT2D eigenvalue weighted by atomic mass is 10.1. The number of sulfonamides is 1. The molecule has 0 bridgehead atoms. The molecule has 6 nitrogen and oxygen atoms in total. The second kappa shape index (κ2) is 9.05. The first-order valence-corrected chi connectivity index (χ1v) is 10.2. The number of likely N-dealkylation sites (N-methyl/N-ethyl adjacent to an activating group) is 1. The quantitative estimate of drug-likeness (QED) is 0.691. The Kier molecular flexibility index (Phi) is 7.04. The van der Waals surface area contributed by atoms with Gasteiger partial charge in [0.05, 0.1) is 10.5 Å². The van der Waals surface area contributed by atoms with Crippen LogP contribution in [0.15, 0.2) is 47.5 Å². The maximum atomic E-state index is 14.2. The zero-order valence-corrected chi connectivity index (χ0v) is 16.5. The van der Waals surface area contributed by atoms with Crippen LogP contribution in [0.2, 0.25) is 0 Å². The van der Waals surface area contributed by atoms with Crippen LogP contribution in [0, 0.1) is 5.82 Å². The largest absolute Gasteiger partial charge is 0.341 e. The second-order valence-corrected chi connectivity index (χ2v) is 7.97. The first kappa shape index (κ1) is 21.0. The van der Waals surface area contributed by atoms with Crippen LogP contribution < -0.4 is 0 Å². The number of aromatic nitrogens is 1. The Balaban J connectivity index is 2.23. The molecule has 0 fully saturated rings. The number of nitrogens with zero attached hydrogens (tertiary/aromatic N) is 3. The lowest BCUT2D eigenvalue weighted by Gasteiger charge is -2.20. The first-order chi connectivity index (χ1) is 12.8. The van der Waals surface area contributed by atoms with Gasteiger partial charge in [-0.3, -0.25) is 9.78 Å². The highest BCUT2D eigenvalue weighted by atomic mass is 32.2. The van der Waals surface area contributed by atoms with Gasteiger partial charge < -0.3 is 4.90 Å². The van der Waals surface area contributed by atoms with Crippen LogP contribution >= 0.6 is 0 Å². The summed E-state index contributed by atoms with van der Waals surface area (Å²) >= 11 is 0. The summed E-state index contributed by atoms with van der Waals surface area (Å²) in [5.41, 5.74) is 0.558. The summed E-state index contributed by atoms with van der Waals surface area (Å²) in [4.78, 5) is 18.1. The maximum Gasteiger partial charge on any atom is 0.256 e. The fraction of sp³-hybridized carbons (Fsp3) is 0.368. The van der Waals surface area contributed by atoms with Crippen molar-refractivity contribution in [2.45, 2.75) is 25.2 Å². The third-order valence-electron chi connectivity index (χ3n) is 4.29. The van der Waals surface area contributed by atoms with Crippen LogP contribution in [-0.4, -0.2) is 55.2 Å². The fourth-order valence-corrected chi connectivity index (χ4v) is 4.16. The maximum absolute atomic E-state index is 14.2. The summed E-state index contributed by atoms with van der Waals surface area (Å²) in [6.45, 7) is 4.37. The van der Waals surface area contributed by atoms with Crippen LogP contribution in [0.1, 0.15) is 29.9 Å². The number of halogens is 1. The molecule has 27 heavy (non-hydrogen) atoms. The molecule has 0 saturated carbocycles. The standard InChI is InChI=1S/C19H24FN3O3S/c1-4-23(5-2)27(25,26)16-9-10-18(20)17(14-16)19(24)22(3)13-11-15-8-6-7-12-21-15/h6-10,12,14H,4-5,11,13H2,1-3H3. The monoisotopic (exact) mass is 393 g/mol. The summed E-state index contributed by atoms with van der Waals surface area (Å²) in [6.07, 6.45) is 2.18. The molecular formula is C19H24FN3O3S. The van der Waals surface area contributed by atoms with E-state index in [9.17, 15) is 17.6 Å². The van der Waals surface area contributed by atoms with E-state index < -0.39 is 21.7 Å². The van der Waals surface area contributed by atoms with Crippen molar-refractivity contribution in [2.24, 2.45) is 0 Å². The Morgan fingerprint density at radius 3 is 2.44 bits per heavy atom. The van der Waals surface area contributed by atoms with Gasteiger partial charge in [-0.15, -0.1) is 0 Å². The number of hydrogen-bond donors (Lipinski definition) is 0. The lowest BCUT2D eigenvalue weighted by molar-refractivity contribution is 0.0791. The molecule has 8 heteroatoms.